The maximum Gasteiger partial charge on any atom is 0.251 e. The Morgan fingerprint density at radius 2 is 1.84 bits per heavy atom. The predicted molar refractivity (Wildman–Crippen MR) is 118 cm³/mol. The molecule has 1 atom stereocenters. The Bertz CT molecular complexity index is 1140. The SMILES string of the molecule is Cc1ccc(-c2cc(C(=O)NC(C)C)cc(C3=NOC(c4ccncc4)C3)c2)c(F)c1. The highest BCUT2D eigenvalue weighted by Crippen LogP contribution is 2.32. The van der Waals surface area contributed by atoms with E-state index in [1.165, 1.54) is 6.07 Å². The summed E-state index contributed by atoms with van der Waals surface area (Å²) in [6, 6.07) is 14.2. The Hall–Kier alpha value is -3.54. The molecule has 1 aliphatic rings. The fourth-order valence-corrected chi connectivity index (χ4v) is 3.59. The molecule has 158 valence electrons. The third-order valence-corrected chi connectivity index (χ3v) is 5.13. The average molecular weight is 417 g/mol. The fraction of sp³-hybridized carbons (Fsp3) is 0.240. The van der Waals surface area contributed by atoms with Crippen molar-refractivity contribution in [2.75, 3.05) is 0 Å². The van der Waals surface area contributed by atoms with E-state index in [0.29, 0.717) is 23.1 Å². The van der Waals surface area contributed by atoms with Gasteiger partial charge in [0, 0.05) is 41.5 Å². The first-order valence-corrected chi connectivity index (χ1v) is 10.3. The lowest BCUT2D eigenvalue weighted by atomic mass is 9.94. The second-order valence-electron chi connectivity index (χ2n) is 8.03. The topological polar surface area (TPSA) is 63.6 Å². The number of carbonyl (C=O) groups excluding carboxylic acids is 1. The van der Waals surface area contributed by atoms with E-state index in [9.17, 15) is 9.18 Å². The molecule has 3 aromatic rings. The fourth-order valence-electron chi connectivity index (χ4n) is 3.59. The summed E-state index contributed by atoms with van der Waals surface area (Å²) in [7, 11) is 0. The summed E-state index contributed by atoms with van der Waals surface area (Å²) < 4.78 is 14.7. The van der Waals surface area contributed by atoms with Gasteiger partial charge in [0.25, 0.3) is 5.91 Å². The van der Waals surface area contributed by atoms with E-state index < -0.39 is 0 Å². The van der Waals surface area contributed by atoms with Crippen LogP contribution in [0.15, 0.2) is 66.1 Å². The van der Waals surface area contributed by atoms with Crippen molar-refractivity contribution in [3.8, 4) is 11.1 Å². The highest BCUT2D eigenvalue weighted by atomic mass is 19.1. The molecule has 1 aromatic heterocycles. The van der Waals surface area contributed by atoms with Crippen molar-refractivity contribution < 1.29 is 14.0 Å². The van der Waals surface area contributed by atoms with Crippen LogP contribution in [0.5, 0.6) is 0 Å². The molecule has 1 aliphatic heterocycles. The van der Waals surface area contributed by atoms with Crippen molar-refractivity contribution in [2.24, 2.45) is 5.16 Å². The Morgan fingerprint density at radius 3 is 2.55 bits per heavy atom. The third kappa shape index (κ3) is 4.63. The van der Waals surface area contributed by atoms with Gasteiger partial charge in [-0.1, -0.05) is 17.3 Å². The average Bonchev–Trinajstić information content (AvgIpc) is 3.24. The molecule has 1 unspecified atom stereocenters. The second-order valence-corrected chi connectivity index (χ2v) is 8.03. The van der Waals surface area contributed by atoms with Gasteiger partial charge in [0.1, 0.15) is 5.82 Å². The molecule has 31 heavy (non-hydrogen) atoms. The number of nitrogens with one attached hydrogen (secondary N) is 1. The maximum absolute atomic E-state index is 14.7. The number of carbonyl (C=O) groups is 1. The molecular formula is C25H24FN3O2. The molecule has 0 fully saturated rings. The van der Waals surface area contributed by atoms with Crippen LogP contribution in [-0.4, -0.2) is 22.6 Å². The summed E-state index contributed by atoms with van der Waals surface area (Å²) in [5.41, 5.74) is 4.79. The highest BCUT2D eigenvalue weighted by molar-refractivity contribution is 6.05. The molecule has 1 N–H and O–H groups in total. The van der Waals surface area contributed by atoms with Crippen LogP contribution in [0.1, 0.15) is 53.4 Å². The summed E-state index contributed by atoms with van der Waals surface area (Å²) in [6.07, 6.45) is 3.76. The van der Waals surface area contributed by atoms with Gasteiger partial charge in [-0.25, -0.2) is 4.39 Å². The van der Waals surface area contributed by atoms with E-state index in [4.69, 9.17) is 4.84 Å². The molecule has 0 spiro atoms. The van der Waals surface area contributed by atoms with E-state index in [0.717, 1.165) is 22.4 Å². The van der Waals surface area contributed by atoms with Crippen molar-refractivity contribution in [1.29, 1.82) is 0 Å². The van der Waals surface area contributed by atoms with Crippen LogP contribution in [0.4, 0.5) is 4.39 Å². The molecule has 0 radical (unpaired) electrons. The molecule has 4 rings (SSSR count). The maximum atomic E-state index is 14.7. The number of rotatable bonds is 5. The summed E-state index contributed by atoms with van der Waals surface area (Å²) in [5, 5.41) is 7.17. The van der Waals surface area contributed by atoms with Gasteiger partial charge in [-0.15, -0.1) is 0 Å². The van der Waals surface area contributed by atoms with Crippen molar-refractivity contribution in [1.82, 2.24) is 10.3 Å². The van der Waals surface area contributed by atoms with E-state index in [2.05, 4.69) is 15.5 Å². The predicted octanol–water partition coefficient (Wildman–Crippen LogP) is 5.20. The van der Waals surface area contributed by atoms with Gasteiger partial charge in [-0.3, -0.25) is 9.78 Å². The molecule has 2 heterocycles. The number of hydrogen-bond donors (Lipinski definition) is 1. The Kier molecular flexibility index (Phi) is 5.80. The quantitative estimate of drug-likeness (QED) is 0.621. The zero-order valence-electron chi connectivity index (χ0n) is 17.7. The molecule has 1 amide bonds. The van der Waals surface area contributed by atoms with Crippen LogP contribution < -0.4 is 5.32 Å². The van der Waals surface area contributed by atoms with Crippen molar-refractivity contribution in [3.05, 3.63) is 89.0 Å². The third-order valence-electron chi connectivity index (χ3n) is 5.13. The number of amides is 1. The van der Waals surface area contributed by atoms with Gasteiger partial charge in [0.15, 0.2) is 6.10 Å². The van der Waals surface area contributed by atoms with E-state index in [1.54, 1.807) is 30.6 Å². The number of benzene rings is 2. The molecule has 2 aromatic carbocycles. The summed E-state index contributed by atoms with van der Waals surface area (Å²) in [4.78, 5) is 22.4. The van der Waals surface area contributed by atoms with E-state index in [1.807, 2.05) is 45.0 Å². The molecule has 6 heteroatoms. The van der Waals surface area contributed by atoms with Crippen molar-refractivity contribution in [2.45, 2.75) is 39.3 Å². The van der Waals surface area contributed by atoms with E-state index >= 15 is 0 Å². The van der Waals surface area contributed by atoms with Gasteiger partial charge in [0.05, 0.1) is 5.71 Å². The lowest BCUT2D eigenvalue weighted by Crippen LogP contribution is -2.30. The number of nitrogens with zero attached hydrogens (tertiary/aromatic N) is 2. The minimum Gasteiger partial charge on any atom is -0.387 e. The van der Waals surface area contributed by atoms with Gasteiger partial charge in [-0.05, 0) is 73.9 Å². The number of aryl methyl sites for hydroxylation is 1. The number of aromatic nitrogens is 1. The summed E-state index contributed by atoms with van der Waals surface area (Å²) >= 11 is 0. The van der Waals surface area contributed by atoms with Gasteiger partial charge in [0.2, 0.25) is 0 Å². The normalized spacial score (nSPS) is 15.5. The Balaban J connectivity index is 1.72. The van der Waals surface area contributed by atoms with Crippen LogP contribution >= 0.6 is 0 Å². The lowest BCUT2D eigenvalue weighted by Gasteiger charge is -2.13. The van der Waals surface area contributed by atoms with Gasteiger partial charge < -0.3 is 10.2 Å². The first-order valence-electron chi connectivity index (χ1n) is 10.3. The van der Waals surface area contributed by atoms with Gasteiger partial charge in [-0.2, -0.15) is 0 Å². The number of halogens is 1. The Morgan fingerprint density at radius 1 is 1.10 bits per heavy atom. The molecule has 0 bridgehead atoms. The minimum atomic E-state index is -0.327. The van der Waals surface area contributed by atoms with Crippen molar-refractivity contribution >= 4 is 11.6 Å². The summed E-state index contributed by atoms with van der Waals surface area (Å²) in [6.45, 7) is 5.64. The highest BCUT2D eigenvalue weighted by Gasteiger charge is 2.25. The number of hydrogen-bond acceptors (Lipinski definition) is 4. The second kappa shape index (κ2) is 8.68. The molecular weight excluding hydrogens is 393 g/mol. The minimum absolute atomic E-state index is 0.0149. The van der Waals surface area contributed by atoms with Crippen molar-refractivity contribution in [3.63, 3.8) is 0 Å². The lowest BCUT2D eigenvalue weighted by molar-refractivity contribution is 0.0857. The zero-order chi connectivity index (χ0) is 22.0. The molecule has 0 saturated heterocycles. The largest absolute Gasteiger partial charge is 0.387 e. The first-order chi connectivity index (χ1) is 14.9. The monoisotopic (exact) mass is 417 g/mol. The van der Waals surface area contributed by atoms with Crippen LogP contribution in [0, 0.1) is 12.7 Å². The zero-order valence-corrected chi connectivity index (χ0v) is 17.7. The van der Waals surface area contributed by atoms with Crippen LogP contribution in [0.3, 0.4) is 0 Å². The summed E-state index contributed by atoms with van der Waals surface area (Å²) in [5.74, 6) is -0.539. The molecule has 0 aliphatic carbocycles. The Labute approximate surface area is 181 Å². The van der Waals surface area contributed by atoms with Crippen LogP contribution in [-0.2, 0) is 4.84 Å². The van der Waals surface area contributed by atoms with Crippen LogP contribution in [0.2, 0.25) is 0 Å². The number of oxime groups is 1. The molecule has 0 saturated carbocycles. The van der Waals surface area contributed by atoms with Gasteiger partial charge >= 0.3 is 0 Å². The smallest absolute Gasteiger partial charge is 0.251 e. The van der Waals surface area contributed by atoms with Crippen LogP contribution in [0.25, 0.3) is 11.1 Å². The van der Waals surface area contributed by atoms with E-state index in [-0.39, 0.29) is 23.9 Å². The molecule has 5 nitrogen and oxygen atoms in total. The number of pyridine rings is 1. The standard InChI is InChI=1S/C25H24FN3O2/c1-15(2)28-25(30)20-12-18(21-5-4-16(3)10-22(21)26)11-19(13-20)23-14-24(31-29-23)17-6-8-27-9-7-17/h4-13,15,24H,14H2,1-3H3,(H,28,30). The first kappa shape index (κ1) is 20.7.